The van der Waals surface area contributed by atoms with Gasteiger partial charge in [-0.05, 0) is 37.3 Å². The second-order valence-corrected chi connectivity index (χ2v) is 5.71. The SMILES string of the molecule is Cc1ccc(OCC(=O)NCCn2nc(-c3ccco3)ccc2=O)cc1. The van der Waals surface area contributed by atoms with Crippen molar-refractivity contribution in [3.8, 4) is 17.2 Å². The fourth-order valence-corrected chi connectivity index (χ4v) is 2.30. The minimum atomic E-state index is -0.263. The Morgan fingerprint density at radius 2 is 2.00 bits per heavy atom. The van der Waals surface area contributed by atoms with Crippen molar-refractivity contribution in [2.24, 2.45) is 0 Å². The van der Waals surface area contributed by atoms with Crippen LogP contribution in [0.4, 0.5) is 0 Å². The van der Waals surface area contributed by atoms with Crippen LogP contribution in [0.1, 0.15) is 5.56 Å². The summed E-state index contributed by atoms with van der Waals surface area (Å²) in [7, 11) is 0. The predicted octanol–water partition coefficient (Wildman–Crippen LogP) is 2.01. The molecule has 134 valence electrons. The second-order valence-electron chi connectivity index (χ2n) is 5.71. The maximum Gasteiger partial charge on any atom is 0.266 e. The first-order valence-electron chi connectivity index (χ1n) is 8.20. The molecule has 0 spiro atoms. The molecular formula is C19H19N3O4. The molecule has 0 saturated carbocycles. The van der Waals surface area contributed by atoms with E-state index in [0.717, 1.165) is 5.56 Å². The Kier molecular flexibility index (Phi) is 5.48. The van der Waals surface area contributed by atoms with Crippen LogP contribution in [0.2, 0.25) is 0 Å². The zero-order chi connectivity index (χ0) is 18.4. The second kappa shape index (κ2) is 8.15. The lowest BCUT2D eigenvalue weighted by Gasteiger charge is -2.09. The number of hydrogen-bond acceptors (Lipinski definition) is 5. The summed E-state index contributed by atoms with van der Waals surface area (Å²) >= 11 is 0. The zero-order valence-corrected chi connectivity index (χ0v) is 14.3. The van der Waals surface area contributed by atoms with Gasteiger partial charge in [0.05, 0.1) is 12.8 Å². The van der Waals surface area contributed by atoms with Gasteiger partial charge < -0.3 is 14.5 Å². The smallest absolute Gasteiger partial charge is 0.266 e. The highest BCUT2D eigenvalue weighted by Crippen LogP contribution is 2.15. The quantitative estimate of drug-likeness (QED) is 0.702. The molecule has 3 rings (SSSR count). The third-order valence-electron chi connectivity index (χ3n) is 3.68. The van der Waals surface area contributed by atoms with Crippen LogP contribution in [0.15, 0.2) is 64.0 Å². The summed E-state index contributed by atoms with van der Waals surface area (Å²) in [5, 5.41) is 6.95. The van der Waals surface area contributed by atoms with Crippen LogP contribution in [-0.4, -0.2) is 28.8 Å². The van der Waals surface area contributed by atoms with Gasteiger partial charge in [0, 0.05) is 12.6 Å². The number of rotatable bonds is 7. The summed E-state index contributed by atoms with van der Waals surface area (Å²) in [6, 6.07) is 14.0. The van der Waals surface area contributed by atoms with Gasteiger partial charge in [-0.25, -0.2) is 4.68 Å². The first kappa shape index (κ1) is 17.5. The van der Waals surface area contributed by atoms with E-state index in [0.29, 0.717) is 17.2 Å². The number of nitrogens with one attached hydrogen (secondary N) is 1. The van der Waals surface area contributed by atoms with E-state index in [4.69, 9.17) is 9.15 Å². The molecule has 1 N–H and O–H groups in total. The normalized spacial score (nSPS) is 10.5. The minimum Gasteiger partial charge on any atom is -0.484 e. The standard InChI is InChI=1S/C19H19N3O4/c1-14-4-6-15(7-5-14)26-13-18(23)20-10-11-22-19(24)9-8-16(21-22)17-3-2-12-25-17/h2-9,12H,10-11,13H2,1H3,(H,20,23). The molecule has 26 heavy (non-hydrogen) atoms. The van der Waals surface area contributed by atoms with Crippen molar-refractivity contribution in [2.75, 3.05) is 13.2 Å². The maximum absolute atomic E-state index is 11.9. The molecular weight excluding hydrogens is 334 g/mol. The van der Waals surface area contributed by atoms with E-state index >= 15 is 0 Å². The van der Waals surface area contributed by atoms with Crippen molar-refractivity contribution in [3.05, 3.63) is 70.7 Å². The lowest BCUT2D eigenvalue weighted by molar-refractivity contribution is -0.123. The van der Waals surface area contributed by atoms with E-state index in [-0.39, 0.29) is 31.2 Å². The molecule has 7 nitrogen and oxygen atoms in total. The maximum atomic E-state index is 11.9. The molecule has 0 bridgehead atoms. The summed E-state index contributed by atoms with van der Waals surface area (Å²) in [6.07, 6.45) is 1.54. The monoisotopic (exact) mass is 353 g/mol. The molecule has 0 saturated heterocycles. The number of amides is 1. The minimum absolute atomic E-state index is 0.0855. The third-order valence-corrected chi connectivity index (χ3v) is 3.68. The molecule has 0 unspecified atom stereocenters. The van der Waals surface area contributed by atoms with E-state index in [1.54, 1.807) is 24.5 Å². The Balaban J connectivity index is 1.49. The first-order chi connectivity index (χ1) is 12.6. The Bertz CT molecular complexity index is 915. The molecule has 2 heterocycles. The molecule has 0 aliphatic rings. The summed E-state index contributed by atoms with van der Waals surface area (Å²) in [5.41, 5.74) is 1.44. The van der Waals surface area contributed by atoms with Crippen molar-refractivity contribution in [3.63, 3.8) is 0 Å². The molecule has 0 aliphatic carbocycles. The molecule has 0 atom stereocenters. The molecule has 1 aromatic carbocycles. The summed E-state index contributed by atoms with van der Waals surface area (Å²) < 4.78 is 12.0. The molecule has 1 amide bonds. The van der Waals surface area contributed by atoms with Crippen LogP contribution in [0.3, 0.4) is 0 Å². The summed E-state index contributed by atoms with van der Waals surface area (Å²) in [6.45, 7) is 2.42. The van der Waals surface area contributed by atoms with Crippen molar-refractivity contribution in [2.45, 2.75) is 13.5 Å². The topological polar surface area (TPSA) is 86.4 Å². The highest BCUT2D eigenvalue weighted by atomic mass is 16.5. The van der Waals surface area contributed by atoms with E-state index in [9.17, 15) is 9.59 Å². The van der Waals surface area contributed by atoms with Gasteiger partial charge in [-0.3, -0.25) is 9.59 Å². The van der Waals surface area contributed by atoms with Gasteiger partial charge in [-0.2, -0.15) is 5.10 Å². The summed E-state index contributed by atoms with van der Waals surface area (Å²) in [5.74, 6) is 0.949. The van der Waals surface area contributed by atoms with Gasteiger partial charge in [0.2, 0.25) is 0 Å². The van der Waals surface area contributed by atoms with Gasteiger partial charge in [0.25, 0.3) is 11.5 Å². The number of ether oxygens (including phenoxy) is 1. The molecule has 2 aromatic heterocycles. The number of aromatic nitrogens is 2. The number of furan rings is 1. The Hall–Kier alpha value is -3.35. The molecule has 0 aliphatic heterocycles. The van der Waals surface area contributed by atoms with Crippen LogP contribution in [0.5, 0.6) is 5.75 Å². The Labute approximate surface area is 150 Å². The van der Waals surface area contributed by atoms with E-state index in [1.807, 2.05) is 31.2 Å². The van der Waals surface area contributed by atoms with Gasteiger partial charge >= 0.3 is 0 Å². The van der Waals surface area contributed by atoms with E-state index in [2.05, 4.69) is 10.4 Å². The van der Waals surface area contributed by atoms with E-state index < -0.39 is 0 Å². The number of benzene rings is 1. The predicted molar refractivity (Wildman–Crippen MR) is 95.9 cm³/mol. The van der Waals surface area contributed by atoms with E-state index in [1.165, 1.54) is 10.7 Å². The van der Waals surface area contributed by atoms with Crippen LogP contribution < -0.4 is 15.6 Å². The lowest BCUT2D eigenvalue weighted by atomic mass is 10.2. The highest BCUT2D eigenvalue weighted by Gasteiger charge is 2.07. The Morgan fingerprint density at radius 1 is 1.19 bits per heavy atom. The fourth-order valence-electron chi connectivity index (χ4n) is 2.30. The first-order valence-corrected chi connectivity index (χ1v) is 8.20. The highest BCUT2D eigenvalue weighted by molar-refractivity contribution is 5.77. The van der Waals surface area contributed by atoms with Crippen LogP contribution in [-0.2, 0) is 11.3 Å². The number of nitrogens with zero attached hydrogens (tertiary/aromatic N) is 2. The van der Waals surface area contributed by atoms with Crippen molar-refractivity contribution in [1.29, 1.82) is 0 Å². The summed E-state index contributed by atoms with van der Waals surface area (Å²) in [4.78, 5) is 23.7. The number of hydrogen-bond donors (Lipinski definition) is 1. The molecule has 3 aromatic rings. The van der Waals surface area contributed by atoms with Crippen LogP contribution >= 0.6 is 0 Å². The van der Waals surface area contributed by atoms with Gasteiger partial charge in [-0.15, -0.1) is 0 Å². The van der Waals surface area contributed by atoms with Crippen molar-refractivity contribution < 1.29 is 13.9 Å². The van der Waals surface area contributed by atoms with Crippen molar-refractivity contribution >= 4 is 5.91 Å². The zero-order valence-electron chi connectivity index (χ0n) is 14.3. The van der Waals surface area contributed by atoms with Gasteiger partial charge in [0.15, 0.2) is 12.4 Å². The van der Waals surface area contributed by atoms with Crippen molar-refractivity contribution in [1.82, 2.24) is 15.1 Å². The number of carbonyl (C=O) groups is 1. The van der Waals surface area contributed by atoms with Gasteiger partial charge in [-0.1, -0.05) is 17.7 Å². The van der Waals surface area contributed by atoms with Crippen LogP contribution in [0, 0.1) is 6.92 Å². The largest absolute Gasteiger partial charge is 0.484 e. The fraction of sp³-hybridized carbons (Fsp3) is 0.211. The Morgan fingerprint density at radius 3 is 2.73 bits per heavy atom. The van der Waals surface area contributed by atoms with Crippen LogP contribution in [0.25, 0.3) is 11.5 Å². The molecule has 0 radical (unpaired) electrons. The van der Waals surface area contributed by atoms with Gasteiger partial charge in [0.1, 0.15) is 11.4 Å². The number of carbonyl (C=O) groups excluding carboxylic acids is 1. The molecule has 7 heteroatoms. The average molecular weight is 353 g/mol. The molecule has 0 fully saturated rings. The lowest BCUT2D eigenvalue weighted by Crippen LogP contribution is -2.34. The average Bonchev–Trinajstić information content (AvgIpc) is 3.17. The number of aryl methyl sites for hydroxylation is 1. The third kappa shape index (κ3) is 4.60.